The van der Waals surface area contributed by atoms with Crippen LogP contribution in [0.4, 0.5) is 5.69 Å². The van der Waals surface area contributed by atoms with Gasteiger partial charge in [0.15, 0.2) is 24.6 Å². The van der Waals surface area contributed by atoms with Crippen LogP contribution in [-0.2, 0) is 20.9 Å². The molecule has 148 valence electrons. The van der Waals surface area contributed by atoms with Crippen LogP contribution in [0.15, 0.2) is 51.7 Å². The Hall–Kier alpha value is -3.88. The molecule has 0 unspecified atom stereocenters. The van der Waals surface area contributed by atoms with Crippen molar-refractivity contribution in [3.8, 4) is 5.75 Å². The Labute approximate surface area is 163 Å². The number of carbonyl (C=O) groups is 3. The van der Waals surface area contributed by atoms with Crippen LogP contribution < -0.4 is 15.8 Å². The van der Waals surface area contributed by atoms with E-state index < -0.39 is 24.1 Å². The molecule has 0 aliphatic carbocycles. The van der Waals surface area contributed by atoms with Gasteiger partial charge in [0, 0.05) is 12.1 Å². The largest absolute Gasteiger partial charge is 0.482 e. The second-order valence-corrected chi connectivity index (χ2v) is 6.37. The van der Waals surface area contributed by atoms with Gasteiger partial charge < -0.3 is 19.2 Å². The Morgan fingerprint density at radius 3 is 2.83 bits per heavy atom. The molecule has 0 saturated heterocycles. The Kier molecular flexibility index (Phi) is 4.86. The summed E-state index contributed by atoms with van der Waals surface area (Å²) in [5, 5.41) is 2.61. The molecule has 0 radical (unpaired) electrons. The number of rotatable bonds is 6. The highest BCUT2D eigenvalue weighted by atomic mass is 16.5. The molecular formula is C20H16N2O7. The second kappa shape index (κ2) is 7.63. The average molecular weight is 396 g/mol. The lowest BCUT2D eigenvalue weighted by atomic mass is 10.1. The molecule has 1 N–H and O–H groups in total. The van der Waals surface area contributed by atoms with Gasteiger partial charge in [0.05, 0.1) is 17.6 Å². The molecule has 0 bridgehead atoms. The number of esters is 1. The number of nitrogens with zero attached hydrogens (tertiary/aromatic N) is 1. The number of carbonyl (C=O) groups excluding carboxylic acids is 3. The second-order valence-electron chi connectivity index (χ2n) is 6.37. The fraction of sp³-hybridized carbons (Fsp3) is 0.200. The van der Waals surface area contributed by atoms with E-state index in [1.807, 2.05) is 0 Å². The smallest absolute Gasteiger partial charge is 0.419 e. The van der Waals surface area contributed by atoms with Gasteiger partial charge in [-0.3, -0.25) is 19.0 Å². The molecule has 29 heavy (non-hydrogen) atoms. The number of ketones is 1. The van der Waals surface area contributed by atoms with Crippen molar-refractivity contribution in [2.24, 2.45) is 0 Å². The lowest BCUT2D eigenvalue weighted by Crippen LogP contribution is -2.25. The maximum absolute atomic E-state index is 12.3. The number of nitrogens with one attached hydrogen (secondary N) is 1. The molecule has 9 heteroatoms. The summed E-state index contributed by atoms with van der Waals surface area (Å²) in [5.74, 6) is -1.45. The molecule has 2 aromatic carbocycles. The van der Waals surface area contributed by atoms with Crippen molar-refractivity contribution in [3.05, 3.63) is 58.6 Å². The van der Waals surface area contributed by atoms with Crippen LogP contribution in [0.5, 0.6) is 5.75 Å². The van der Waals surface area contributed by atoms with Crippen LogP contribution in [0.2, 0.25) is 0 Å². The van der Waals surface area contributed by atoms with Crippen LogP contribution >= 0.6 is 0 Å². The molecule has 0 saturated carbocycles. The van der Waals surface area contributed by atoms with Gasteiger partial charge in [0.2, 0.25) is 0 Å². The number of fused-ring (bicyclic) bond motifs is 2. The van der Waals surface area contributed by atoms with E-state index >= 15 is 0 Å². The number of hydrogen-bond acceptors (Lipinski definition) is 7. The van der Waals surface area contributed by atoms with E-state index in [1.165, 1.54) is 16.7 Å². The maximum Gasteiger partial charge on any atom is 0.419 e. The number of ether oxygens (including phenoxy) is 2. The minimum absolute atomic E-state index is 0.0745. The highest BCUT2D eigenvalue weighted by Crippen LogP contribution is 2.28. The average Bonchev–Trinajstić information content (AvgIpc) is 3.04. The predicted molar refractivity (Wildman–Crippen MR) is 101 cm³/mol. The molecule has 2 heterocycles. The number of anilines is 1. The first-order chi connectivity index (χ1) is 14.0. The van der Waals surface area contributed by atoms with Gasteiger partial charge >= 0.3 is 11.7 Å². The van der Waals surface area contributed by atoms with E-state index in [9.17, 15) is 19.2 Å². The third kappa shape index (κ3) is 3.88. The number of oxazole rings is 1. The molecule has 1 amide bonds. The SMILES string of the molecule is O=C1COc2ccc(C(=O)COC(=O)CCn3c(=O)oc4ccccc43)cc2N1. The van der Waals surface area contributed by atoms with E-state index in [0.29, 0.717) is 22.5 Å². The number of aromatic nitrogens is 1. The summed E-state index contributed by atoms with van der Waals surface area (Å²) in [4.78, 5) is 47.5. The van der Waals surface area contributed by atoms with Gasteiger partial charge in [-0.2, -0.15) is 0 Å². The summed E-state index contributed by atoms with van der Waals surface area (Å²) in [5.41, 5.74) is 1.69. The number of Topliss-reactive ketones (excluding diaryl/α,β-unsaturated/α-hetero) is 1. The van der Waals surface area contributed by atoms with Gasteiger partial charge in [-0.05, 0) is 30.3 Å². The van der Waals surface area contributed by atoms with E-state index in [0.717, 1.165) is 0 Å². The minimum Gasteiger partial charge on any atom is -0.482 e. The number of benzene rings is 2. The van der Waals surface area contributed by atoms with E-state index in [-0.39, 0.29) is 31.0 Å². The third-order valence-electron chi connectivity index (χ3n) is 4.41. The van der Waals surface area contributed by atoms with Crippen molar-refractivity contribution in [1.29, 1.82) is 0 Å². The Bertz CT molecular complexity index is 1180. The van der Waals surface area contributed by atoms with Crippen LogP contribution in [0.25, 0.3) is 11.1 Å². The van der Waals surface area contributed by atoms with Gasteiger partial charge in [-0.15, -0.1) is 0 Å². The monoisotopic (exact) mass is 396 g/mol. The van der Waals surface area contributed by atoms with Crippen molar-refractivity contribution >= 4 is 34.4 Å². The number of para-hydroxylation sites is 2. The van der Waals surface area contributed by atoms with Crippen molar-refractivity contribution < 1.29 is 28.3 Å². The molecule has 3 aromatic rings. The number of aryl methyl sites for hydroxylation is 1. The van der Waals surface area contributed by atoms with E-state index in [1.54, 1.807) is 30.3 Å². The topological polar surface area (TPSA) is 117 Å². The molecular weight excluding hydrogens is 380 g/mol. The molecule has 4 rings (SSSR count). The summed E-state index contributed by atoms with van der Waals surface area (Å²) in [6.07, 6.45) is -0.0925. The third-order valence-corrected chi connectivity index (χ3v) is 4.41. The maximum atomic E-state index is 12.3. The molecule has 0 spiro atoms. The van der Waals surface area contributed by atoms with Crippen LogP contribution in [0.1, 0.15) is 16.8 Å². The van der Waals surface area contributed by atoms with E-state index in [2.05, 4.69) is 5.32 Å². The first kappa shape index (κ1) is 18.5. The highest BCUT2D eigenvalue weighted by molar-refractivity contribution is 6.01. The van der Waals surface area contributed by atoms with Crippen LogP contribution in [0.3, 0.4) is 0 Å². The van der Waals surface area contributed by atoms with Crippen molar-refractivity contribution in [2.45, 2.75) is 13.0 Å². The summed E-state index contributed by atoms with van der Waals surface area (Å²) < 4.78 is 16.7. The quantitative estimate of drug-likeness (QED) is 0.498. The Morgan fingerprint density at radius 1 is 1.14 bits per heavy atom. The van der Waals surface area contributed by atoms with Gasteiger partial charge in [0.25, 0.3) is 5.91 Å². The number of hydrogen-bond donors (Lipinski definition) is 1. The molecule has 0 atom stereocenters. The summed E-state index contributed by atoms with van der Waals surface area (Å²) in [6, 6.07) is 11.5. The first-order valence-corrected chi connectivity index (χ1v) is 8.85. The zero-order valence-electron chi connectivity index (χ0n) is 15.2. The normalized spacial score (nSPS) is 12.8. The van der Waals surface area contributed by atoms with E-state index in [4.69, 9.17) is 13.9 Å². The molecule has 1 aromatic heterocycles. The van der Waals surface area contributed by atoms with Crippen molar-refractivity contribution in [1.82, 2.24) is 4.57 Å². The fourth-order valence-corrected chi connectivity index (χ4v) is 2.99. The minimum atomic E-state index is -0.620. The zero-order chi connectivity index (χ0) is 20.4. The van der Waals surface area contributed by atoms with Crippen LogP contribution in [0, 0.1) is 0 Å². The van der Waals surface area contributed by atoms with Gasteiger partial charge in [-0.25, -0.2) is 4.79 Å². The summed E-state index contributed by atoms with van der Waals surface area (Å²) in [6.45, 7) is -0.453. The lowest BCUT2D eigenvalue weighted by Gasteiger charge is -2.18. The Morgan fingerprint density at radius 2 is 1.97 bits per heavy atom. The molecule has 9 nitrogen and oxygen atoms in total. The summed E-state index contributed by atoms with van der Waals surface area (Å²) >= 11 is 0. The predicted octanol–water partition coefficient (Wildman–Crippen LogP) is 1.74. The molecule has 1 aliphatic rings. The molecule has 0 fully saturated rings. The summed E-state index contributed by atoms with van der Waals surface area (Å²) in [7, 11) is 0. The number of amides is 1. The van der Waals surface area contributed by atoms with Crippen molar-refractivity contribution in [3.63, 3.8) is 0 Å². The lowest BCUT2D eigenvalue weighted by molar-refractivity contribution is -0.142. The van der Waals surface area contributed by atoms with Crippen LogP contribution in [-0.4, -0.2) is 35.4 Å². The fourth-order valence-electron chi connectivity index (χ4n) is 2.99. The van der Waals surface area contributed by atoms with Crippen molar-refractivity contribution in [2.75, 3.05) is 18.5 Å². The standard InChI is InChI=1S/C20H16N2O7/c23-15(12-5-6-16-13(9-12)21-18(24)11-27-16)10-28-19(25)7-8-22-14-3-1-2-4-17(14)29-20(22)26/h1-6,9H,7-8,10-11H2,(H,21,24). The Balaban J connectivity index is 1.34. The zero-order valence-corrected chi connectivity index (χ0v) is 15.2. The highest BCUT2D eigenvalue weighted by Gasteiger charge is 2.19. The van der Waals surface area contributed by atoms with Gasteiger partial charge in [0.1, 0.15) is 5.75 Å². The van der Waals surface area contributed by atoms with Gasteiger partial charge in [-0.1, -0.05) is 12.1 Å². The molecule has 1 aliphatic heterocycles. The first-order valence-electron chi connectivity index (χ1n) is 8.85.